The standard InChI is InChI=1S/C19H26N4O2/c24-17(20-12-14-1-2-14)15-3-5-19(11-15)6-9-23(10-7-19)18(25)16-4-8-21-22-13-16/h4,8,13-15H,1-3,5-7,9-12H2,(H,20,24). The minimum atomic E-state index is 0.0430. The summed E-state index contributed by atoms with van der Waals surface area (Å²) in [7, 11) is 0. The second-order valence-electron chi connectivity index (χ2n) is 8.05. The monoisotopic (exact) mass is 342 g/mol. The first-order valence-electron chi connectivity index (χ1n) is 9.49. The summed E-state index contributed by atoms with van der Waals surface area (Å²) >= 11 is 0. The quantitative estimate of drug-likeness (QED) is 0.908. The minimum Gasteiger partial charge on any atom is -0.356 e. The highest BCUT2D eigenvalue weighted by molar-refractivity contribution is 5.93. The van der Waals surface area contributed by atoms with E-state index in [0.29, 0.717) is 5.56 Å². The van der Waals surface area contributed by atoms with E-state index in [-0.39, 0.29) is 23.1 Å². The van der Waals surface area contributed by atoms with Crippen LogP contribution in [0, 0.1) is 17.3 Å². The van der Waals surface area contributed by atoms with E-state index in [4.69, 9.17) is 0 Å². The summed E-state index contributed by atoms with van der Waals surface area (Å²) in [4.78, 5) is 26.8. The number of nitrogens with zero attached hydrogens (tertiary/aromatic N) is 3. The van der Waals surface area contributed by atoms with Gasteiger partial charge in [0, 0.05) is 25.6 Å². The maximum atomic E-state index is 12.5. The lowest BCUT2D eigenvalue weighted by molar-refractivity contribution is -0.125. The minimum absolute atomic E-state index is 0.0430. The van der Waals surface area contributed by atoms with E-state index in [1.54, 1.807) is 12.3 Å². The van der Waals surface area contributed by atoms with Gasteiger partial charge in [0.2, 0.25) is 5.91 Å². The number of hydrogen-bond donors (Lipinski definition) is 1. The molecule has 1 N–H and O–H groups in total. The predicted molar refractivity (Wildman–Crippen MR) is 92.7 cm³/mol. The molecule has 4 rings (SSSR count). The van der Waals surface area contributed by atoms with Gasteiger partial charge >= 0.3 is 0 Å². The fourth-order valence-corrected chi connectivity index (χ4v) is 4.38. The lowest BCUT2D eigenvalue weighted by Crippen LogP contribution is -2.42. The van der Waals surface area contributed by atoms with Crippen LogP contribution in [0.4, 0.5) is 0 Å². The van der Waals surface area contributed by atoms with Gasteiger partial charge in [-0.3, -0.25) is 9.59 Å². The highest BCUT2D eigenvalue weighted by atomic mass is 16.2. The molecule has 0 radical (unpaired) electrons. The maximum Gasteiger partial charge on any atom is 0.255 e. The lowest BCUT2D eigenvalue weighted by Gasteiger charge is -2.39. The molecule has 2 aliphatic carbocycles. The number of amides is 2. The third kappa shape index (κ3) is 3.67. The first kappa shape index (κ1) is 16.5. The lowest BCUT2D eigenvalue weighted by atomic mass is 9.76. The highest BCUT2D eigenvalue weighted by Crippen LogP contribution is 2.49. The normalized spacial score (nSPS) is 25.1. The molecule has 2 amide bonds. The molecule has 3 fully saturated rings. The maximum absolute atomic E-state index is 12.5. The van der Waals surface area contributed by atoms with Crippen molar-refractivity contribution >= 4 is 11.8 Å². The number of hydrogen-bond acceptors (Lipinski definition) is 4. The largest absolute Gasteiger partial charge is 0.356 e. The predicted octanol–water partition coefficient (Wildman–Crippen LogP) is 2.03. The zero-order chi connectivity index (χ0) is 17.3. The molecular weight excluding hydrogens is 316 g/mol. The Bertz CT molecular complexity index is 636. The van der Waals surface area contributed by atoms with Gasteiger partial charge in [0.1, 0.15) is 0 Å². The number of rotatable bonds is 4. The molecule has 0 bridgehead atoms. The zero-order valence-electron chi connectivity index (χ0n) is 14.6. The van der Waals surface area contributed by atoms with E-state index >= 15 is 0 Å². The van der Waals surface area contributed by atoms with Gasteiger partial charge in [-0.05, 0) is 62.3 Å². The van der Waals surface area contributed by atoms with Crippen molar-refractivity contribution in [2.75, 3.05) is 19.6 Å². The molecule has 1 atom stereocenters. The van der Waals surface area contributed by atoms with Crippen molar-refractivity contribution in [3.63, 3.8) is 0 Å². The molecule has 6 nitrogen and oxygen atoms in total. The van der Waals surface area contributed by atoms with E-state index in [1.165, 1.54) is 19.0 Å². The number of likely N-dealkylation sites (tertiary alicyclic amines) is 1. The van der Waals surface area contributed by atoms with Gasteiger partial charge in [-0.25, -0.2) is 0 Å². The highest BCUT2D eigenvalue weighted by Gasteiger charge is 2.44. The molecule has 2 heterocycles. The zero-order valence-corrected chi connectivity index (χ0v) is 14.6. The van der Waals surface area contributed by atoms with E-state index in [2.05, 4.69) is 15.5 Å². The molecule has 1 aliphatic heterocycles. The summed E-state index contributed by atoms with van der Waals surface area (Å²) in [5.41, 5.74) is 0.865. The Morgan fingerprint density at radius 2 is 1.96 bits per heavy atom. The number of nitrogens with one attached hydrogen (secondary N) is 1. The number of carbonyl (C=O) groups is 2. The van der Waals surface area contributed by atoms with E-state index in [0.717, 1.165) is 57.7 Å². The summed E-state index contributed by atoms with van der Waals surface area (Å²) < 4.78 is 0. The van der Waals surface area contributed by atoms with Crippen molar-refractivity contribution in [1.29, 1.82) is 0 Å². The average Bonchev–Trinajstić information content (AvgIpc) is 3.40. The summed E-state index contributed by atoms with van der Waals surface area (Å²) in [5.74, 6) is 1.20. The summed E-state index contributed by atoms with van der Waals surface area (Å²) in [5, 5.41) is 10.7. The van der Waals surface area contributed by atoms with E-state index in [1.807, 2.05) is 4.90 Å². The molecule has 1 spiro atoms. The Balaban J connectivity index is 1.29. The van der Waals surface area contributed by atoms with Crippen molar-refractivity contribution in [2.24, 2.45) is 17.3 Å². The Morgan fingerprint density at radius 3 is 2.64 bits per heavy atom. The average molecular weight is 342 g/mol. The van der Waals surface area contributed by atoms with Gasteiger partial charge in [-0.1, -0.05) is 0 Å². The molecular formula is C19H26N4O2. The second kappa shape index (κ2) is 6.73. The summed E-state index contributed by atoms with van der Waals surface area (Å²) in [6, 6.07) is 1.72. The van der Waals surface area contributed by atoms with Crippen LogP contribution in [0.1, 0.15) is 55.3 Å². The SMILES string of the molecule is O=C(NCC1CC1)C1CCC2(CCN(C(=O)c3ccnnc3)CC2)C1. The third-order valence-electron chi connectivity index (χ3n) is 6.28. The van der Waals surface area contributed by atoms with Gasteiger partial charge in [0.05, 0.1) is 18.0 Å². The fraction of sp³-hybridized carbons (Fsp3) is 0.684. The van der Waals surface area contributed by atoms with Gasteiger partial charge in [-0.15, -0.1) is 0 Å². The molecule has 134 valence electrons. The molecule has 1 aromatic rings. The van der Waals surface area contributed by atoms with Crippen LogP contribution in [0.3, 0.4) is 0 Å². The first-order valence-corrected chi connectivity index (χ1v) is 9.49. The van der Waals surface area contributed by atoms with Gasteiger partial charge in [0.25, 0.3) is 5.91 Å². The third-order valence-corrected chi connectivity index (χ3v) is 6.28. The van der Waals surface area contributed by atoms with Crippen LogP contribution in [-0.2, 0) is 4.79 Å². The van der Waals surface area contributed by atoms with E-state index < -0.39 is 0 Å². The first-order chi connectivity index (χ1) is 12.2. The van der Waals surface area contributed by atoms with Crippen LogP contribution in [0.5, 0.6) is 0 Å². The second-order valence-corrected chi connectivity index (χ2v) is 8.05. The number of aromatic nitrogens is 2. The molecule has 3 aliphatic rings. The van der Waals surface area contributed by atoms with Crippen LogP contribution in [0.15, 0.2) is 18.5 Å². The van der Waals surface area contributed by atoms with Crippen LogP contribution in [0.2, 0.25) is 0 Å². The summed E-state index contributed by atoms with van der Waals surface area (Å²) in [6.45, 7) is 2.42. The molecule has 2 saturated carbocycles. The van der Waals surface area contributed by atoms with Crippen LogP contribution >= 0.6 is 0 Å². The number of carbonyl (C=O) groups excluding carboxylic acids is 2. The Hall–Kier alpha value is -1.98. The number of piperidine rings is 1. The van der Waals surface area contributed by atoms with E-state index in [9.17, 15) is 9.59 Å². The van der Waals surface area contributed by atoms with Crippen LogP contribution < -0.4 is 5.32 Å². The molecule has 25 heavy (non-hydrogen) atoms. The van der Waals surface area contributed by atoms with Crippen LogP contribution in [-0.4, -0.2) is 46.5 Å². The van der Waals surface area contributed by atoms with Crippen molar-refractivity contribution in [2.45, 2.75) is 44.9 Å². The fourth-order valence-electron chi connectivity index (χ4n) is 4.38. The smallest absolute Gasteiger partial charge is 0.255 e. The van der Waals surface area contributed by atoms with Crippen molar-refractivity contribution in [3.8, 4) is 0 Å². The molecule has 1 aromatic heterocycles. The van der Waals surface area contributed by atoms with Crippen molar-refractivity contribution in [3.05, 3.63) is 24.0 Å². The van der Waals surface area contributed by atoms with Crippen LogP contribution in [0.25, 0.3) is 0 Å². The van der Waals surface area contributed by atoms with Crippen molar-refractivity contribution in [1.82, 2.24) is 20.4 Å². The Morgan fingerprint density at radius 1 is 1.16 bits per heavy atom. The Labute approximate surface area is 148 Å². The molecule has 1 unspecified atom stereocenters. The molecule has 1 saturated heterocycles. The van der Waals surface area contributed by atoms with Crippen molar-refractivity contribution < 1.29 is 9.59 Å². The van der Waals surface area contributed by atoms with Gasteiger partial charge < -0.3 is 10.2 Å². The molecule has 6 heteroatoms. The summed E-state index contributed by atoms with van der Waals surface area (Å²) in [6.07, 6.45) is 10.7. The van der Waals surface area contributed by atoms with Gasteiger partial charge in [0.15, 0.2) is 0 Å². The molecule has 0 aromatic carbocycles. The van der Waals surface area contributed by atoms with Gasteiger partial charge in [-0.2, -0.15) is 10.2 Å². The Kier molecular flexibility index (Phi) is 4.44. The topological polar surface area (TPSA) is 75.2 Å².